The third-order valence-corrected chi connectivity index (χ3v) is 6.83. The van der Waals surface area contributed by atoms with Crippen molar-refractivity contribution < 1.29 is 31.5 Å². The molecule has 2 heterocycles. The molecule has 1 saturated heterocycles. The maximum Gasteiger partial charge on any atom is 0.403 e. The standard InChI is InChI=1S/C20H17F5N4O2S/c1-19(20(23,24)25)8-12(11-3-4-13(21)15(22)16(11)31-2)17(32-19)18(30)29-10-5-6-27-14(7-10)28-9-26/h3-7,12,17H,8H2,1-2H3,(H2,27,28,29,30)/t12-,17+,19+/m0/s1. The van der Waals surface area contributed by atoms with E-state index in [1.54, 1.807) is 6.19 Å². The molecule has 32 heavy (non-hydrogen) atoms. The van der Waals surface area contributed by atoms with Crippen molar-refractivity contribution >= 4 is 29.2 Å². The van der Waals surface area contributed by atoms with E-state index in [1.165, 1.54) is 18.3 Å². The predicted octanol–water partition coefficient (Wildman–Crippen LogP) is 4.81. The number of amides is 1. The summed E-state index contributed by atoms with van der Waals surface area (Å²) < 4.78 is 71.9. The number of thioether (sulfide) groups is 1. The lowest BCUT2D eigenvalue weighted by atomic mass is 9.85. The molecule has 0 aliphatic carbocycles. The van der Waals surface area contributed by atoms with Crippen molar-refractivity contribution in [3.05, 3.63) is 47.7 Å². The second kappa shape index (κ2) is 8.82. The molecule has 0 radical (unpaired) electrons. The van der Waals surface area contributed by atoms with Gasteiger partial charge in [0.1, 0.15) is 10.6 Å². The number of hydrogen-bond acceptors (Lipinski definition) is 6. The molecular weight excluding hydrogens is 455 g/mol. The van der Waals surface area contributed by atoms with Gasteiger partial charge in [0.2, 0.25) is 11.7 Å². The molecule has 1 fully saturated rings. The number of benzene rings is 1. The number of hydrogen-bond donors (Lipinski definition) is 2. The van der Waals surface area contributed by atoms with Gasteiger partial charge in [-0.25, -0.2) is 9.37 Å². The lowest BCUT2D eigenvalue weighted by molar-refractivity contribution is -0.155. The van der Waals surface area contributed by atoms with E-state index in [0.29, 0.717) is 11.8 Å². The number of nitrogens with zero attached hydrogens (tertiary/aromatic N) is 2. The van der Waals surface area contributed by atoms with Gasteiger partial charge in [0, 0.05) is 29.4 Å². The Morgan fingerprint density at radius 2 is 2.06 bits per heavy atom. The van der Waals surface area contributed by atoms with Gasteiger partial charge in [0.05, 0.1) is 12.4 Å². The van der Waals surface area contributed by atoms with E-state index in [1.807, 2.05) is 0 Å². The highest BCUT2D eigenvalue weighted by molar-refractivity contribution is 8.02. The minimum atomic E-state index is -4.66. The average Bonchev–Trinajstić information content (AvgIpc) is 3.09. The molecule has 2 aromatic rings. The molecule has 0 unspecified atom stereocenters. The molecule has 3 rings (SSSR count). The molecule has 1 aromatic carbocycles. The first kappa shape index (κ1) is 23.6. The van der Waals surface area contributed by atoms with E-state index in [2.05, 4.69) is 15.6 Å². The number of carbonyl (C=O) groups is 1. The number of nitriles is 1. The Bertz CT molecular complexity index is 1070. The van der Waals surface area contributed by atoms with Crippen LogP contribution in [0.15, 0.2) is 30.5 Å². The van der Waals surface area contributed by atoms with Gasteiger partial charge in [0.15, 0.2) is 17.8 Å². The first-order chi connectivity index (χ1) is 15.0. The summed E-state index contributed by atoms with van der Waals surface area (Å²) in [6.45, 7) is 0.964. The van der Waals surface area contributed by atoms with E-state index >= 15 is 0 Å². The average molecular weight is 472 g/mol. The van der Waals surface area contributed by atoms with Crippen molar-refractivity contribution in [3.8, 4) is 11.9 Å². The van der Waals surface area contributed by atoms with Crippen LogP contribution in [0.5, 0.6) is 5.75 Å². The summed E-state index contributed by atoms with van der Waals surface area (Å²) >= 11 is 0.402. The molecule has 1 amide bonds. The number of aromatic nitrogens is 1. The van der Waals surface area contributed by atoms with Crippen LogP contribution in [0.25, 0.3) is 0 Å². The van der Waals surface area contributed by atoms with Crippen LogP contribution in [0.2, 0.25) is 0 Å². The summed E-state index contributed by atoms with van der Waals surface area (Å²) in [5.74, 6) is -4.85. The fourth-order valence-electron chi connectivity index (χ4n) is 3.52. The Balaban J connectivity index is 2.00. The molecule has 1 aliphatic heterocycles. The number of rotatable bonds is 5. The van der Waals surface area contributed by atoms with Gasteiger partial charge >= 0.3 is 6.18 Å². The Labute approximate surface area is 184 Å². The van der Waals surface area contributed by atoms with E-state index in [-0.39, 0.29) is 17.1 Å². The zero-order valence-corrected chi connectivity index (χ0v) is 17.6. The largest absolute Gasteiger partial charge is 0.493 e. The highest BCUT2D eigenvalue weighted by atomic mass is 32.2. The monoisotopic (exact) mass is 472 g/mol. The van der Waals surface area contributed by atoms with Crippen molar-refractivity contribution in [2.75, 3.05) is 17.7 Å². The van der Waals surface area contributed by atoms with E-state index in [0.717, 1.165) is 26.2 Å². The highest BCUT2D eigenvalue weighted by Crippen LogP contribution is 2.59. The van der Waals surface area contributed by atoms with Crippen LogP contribution in [0.4, 0.5) is 33.5 Å². The van der Waals surface area contributed by atoms with E-state index in [4.69, 9.17) is 10.00 Å². The maximum absolute atomic E-state index is 14.3. The van der Waals surface area contributed by atoms with Crippen LogP contribution in [0.3, 0.4) is 0 Å². The van der Waals surface area contributed by atoms with E-state index < -0.39 is 51.8 Å². The minimum absolute atomic E-state index is 0.0337. The molecule has 6 nitrogen and oxygen atoms in total. The quantitative estimate of drug-likeness (QED) is 0.369. The number of carbonyl (C=O) groups excluding carboxylic acids is 1. The third kappa shape index (κ3) is 4.43. The van der Waals surface area contributed by atoms with Gasteiger partial charge in [-0.05, 0) is 25.5 Å². The smallest absolute Gasteiger partial charge is 0.403 e. The second-order valence-electron chi connectivity index (χ2n) is 7.22. The Morgan fingerprint density at radius 1 is 1.34 bits per heavy atom. The highest BCUT2D eigenvalue weighted by Gasteiger charge is 2.60. The Kier molecular flexibility index (Phi) is 6.50. The third-order valence-electron chi connectivity index (χ3n) is 5.12. The summed E-state index contributed by atoms with van der Waals surface area (Å²) in [5, 5.41) is 12.2. The topological polar surface area (TPSA) is 87.0 Å². The van der Waals surface area contributed by atoms with Crippen LogP contribution in [0.1, 0.15) is 24.8 Å². The van der Waals surface area contributed by atoms with Crippen LogP contribution in [-0.2, 0) is 4.79 Å². The van der Waals surface area contributed by atoms with Crippen LogP contribution in [0, 0.1) is 23.1 Å². The number of pyridine rings is 1. The molecule has 1 aliphatic rings. The van der Waals surface area contributed by atoms with Crippen molar-refractivity contribution in [3.63, 3.8) is 0 Å². The van der Waals surface area contributed by atoms with E-state index in [9.17, 15) is 26.7 Å². The van der Waals surface area contributed by atoms with Gasteiger partial charge in [-0.1, -0.05) is 6.07 Å². The molecule has 0 saturated carbocycles. The van der Waals surface area contributed by atoms with Gasteiger partial charge in [-0.15, -0.1) is 11.8 Å². The van der Waals surface area contributed by atoms with Crippen molar-refractivity contribution in [1.82, 2.24) is 4.98 Å². The Morgan fingerprint density at radius 3 is 2.69 bits per heavy atom. The number of halogens is 5. The van der Waals surface area contributed by atoms with Gasteiger partial charge in [-0.3, -0.25) is 10.1 Å². The van der Waals surface area contributed by atoms with Gasteiger partial charge < -0.3 is 10.1 Å². The lowest BCUT2D eigenvalue weighted by Gasteiger charge is -2.26. The molecule has 0 spiro atoms. The number of nitrogens with one attached hydrogen (secondary N) is 2. The van der Waals surface area contributed by atoms with Crippen molar-refractivity contribution in [1.29, 1.82) is 5.26 Å². The lowest BCUT2D eigenvalue weighted by Crippen LogP contribution is -2.37. The predicted molar refractivity (Wildman–Crippen MR) is 108 cm³/mol. The van der Waals surface area contributed by atoms with Gasteiger partial charge in [-0.2, -0.15) is 22.8 Å². The molecule has 12 heteroatoms. The van der Waals surface area contributed by atoms with Gasteiger partial charge in [0.25, 0.3) is 0 Å². The molecular formula is C20H17F5N4O2S. The van der Waals surface area contributed by atoms with Crippen molar-refractivity contribution in [2.24, 2.45) is 0 Å². The van der Waals surface area contributed by atoms with Crippen LogP contribution in [-0.4, -0.2) is 34.2 Å². The summed E-state index contributed by atoms with van der Waals surface area (Å²) in [7, 11) is 1.07. The molecule has 0 bridgehead atoms. The maximum atomic E-state index is 14.3. The minimum Gasteiger partial charge on any atom is -0.493 e. The molecule has 3 atom stereocenters. The zero-order valence-electron chi connectivity index (χ0n) is 16.8. The normalized spacial score (nSPS) is 22.8. The number of alkyl halides is 3. The Hall–Kier alpha value is -3.07. The molecule has 2 N–H and O–H groups in total. The summed E-state index contributed by atoms with van der Waals surface area (Å²) in [4.78, 5) is 16.9. The summed E-state index contributed by atoms with van der Waals surface area (Å²) in [6.07, 6.45) is -2.24. The first-order valence-corrected chi connectivity index (χ1v) is 10.1. The summed E-state index contributed by atoms with van der Waals surface area (Å²) in [6, 6.07) is 4.65. The molecule has 170 valence electrons. The van der Waals surface area contributed by atoms with Crippen LogP contribution < -0.4 is 15.4 Å². The van der Waals surface area contributed by atoms with Crippen LogP contribution >= 0.6 is 11.8 Å². The number of anilines is 2. The fraction of sp³-hybridized carbons (Fsp3) is 0.350. The zero-order chi connectivity index (χ0) is 23.7. The SMILES string of the molecule is COc1c([C@@H]2C[C@](C)(C(F)(F)F)S[C@H]2C(=O)Nc2ccnc(NC#N)c2)ccc(F)c1F. The number of methoxy groups -OCH3 is 1. The molecule has 1 aromatic heterocycles. The number of ether oxygens (including phenoxy) is 1. The fourth-order valence-corrected chi connectivity index (χ4v) is 5.07. The second-order valence-corrected chi connectivity index (χ2v) is 8.86. The summed E-state index contributed by atoms with van der Waals surface area (Å²) in [5.41, 5.74) is 0.161. The van der Waals surface area contributed by atoms with Crippen molar-refractivity contribution in [2.45, 2.75) is 35.4 Å². The first-order valence-electron chi connectivity index (χ1n) is 9.19.